The van der Waals surface area contributed by atoms with Gasteiger partial charge in [0, 0.05) is 23.6 Å². The summed E-state index contributed by atoms with van der Waals surface area (Å²) >= 11 is 0. The van der Waals surface area contributed by atoms with Gasteiger partial charge in [-0.1, -0.05) is 18.2 Å². The molecule has 0 atom stereocenters. The summed E-state index contributed by atoms with van der Waals surface area (Å²) in [6.07, 6.45) is 7.54. The highest BCUT2D eigenvalue weighted by atomic mass is 16.6. The van der Waals surface area contributed by atoms with E-state index >= 15 is 0 Å². The quantitative estimate of drug-likeness (QED) is 0.180. The zero-order chi connectivity index (χ0) is 18.8. The van der Waals surface area contributed by atoms with Gasteiger partial charge in [0.05, 0.1) is 13.2 Å². The van der Waals surface area contributed by atoms with E-state index in [0.29, 0.717) is 0 Å². The minimum absolute atomic E-state index is 0.122. The summed E-state index contributed by atoms with van der Waals surface area (Å²) in [7, 11) is 0. The maximum atomic E-state index is 11.8. The molecule has 0 saturated heterocycles. The number of aromatic nitrogens is 1. The van der Waals surface area contributed by atoms with E-state index in [0.717, 1.165) is 18.5 Å². The van der Waals surface area contributed by atoms with Crippen molar-refractivity contribution in [1.29, 1.82) is 0 Å². The average molecular weight is 356 g/mol. The largest absolute Gasteiger partial charge is 0.462 e. The fourth-order valence-corrected chi connectivity index (χ4v) is 2.48. The second kappa shape index (κ2) is 10.1. The Morgan fingerprint density at radius 3 is 2.50 bits per heavy atom. The second-order valence-electron chi connectivity index (χ2n) is 5.44. The maximum Gasteiger partial charge on any atom is 0.345 e. The highest BCUT2D eigenvalue weighted by Gasteiger charge is 2.19. The second-order valence-corrected chi connectivity index (χ2v) is 5.44. The third-order valence-electron chi connectivity index (χ3n) is 3.68. The molecule has 2 rings (SSSR count). The van der Waals surface area contributed by atoms with E-state index in [2.05, 4.69) is 16.4 Å². The Morgan fingerprint density at radius 2 is 1.81 bits per heavy atom. The van der Waals surface area contributed by atoms with Crippen molar-refractivity contribution in [2.75, 3.05) is 19.8 Å². The van der Waals surface area contributed by atoms with Gasteiger partial charge >= 0.3 is 11.9 Å². The van der Waals surface area contributed by atoms with Gasteiger partial charge in [-0.3, -0.25) is 0 Å². The lowest BCUT2D eigenvalue weighted by molar-refractivity contribution is -0.146. The molecular formula is C20H24N2O4. The van der Waals surface area contributed by atoms with Crippen LogP contribution in [0.25, 0.3) is 10.9 Å². The molecule has 0 fully saturated rings. The fraction of sp³-hybridized carbons (Fsp3) is 0.300. The molecule has 2 N–H and O–H groups in total. The number of fused-ring (bicyclic) bond motifs is 1. The van der Waals surface area contributed by atoms with Crippen LogP contribution in [0, 0.1) is 0 Å². The molecule has 6 nitrogen and oxygen atoms in total. The summed E-state index contributed by atoms with van der Waals surface area (Å²) in [6.45, 7) is 4.48. The number of esters is 2. The van der Waals surface area contributed by atoms with Crippen molar-refractivity contribution in [3.63, 3.8) is 0 Å². The average Bonchev–Trinajstić information content (AvgIpc) is 3.04. The van der Waals surface area contributed by atoms with Crippen LogP contribution >= 0.6 is 0 Å². The van der Waals surface area contributed by atoms with E-state index in [1.165, 1.54) is 17.0 Å². The molecule has 0 unspecified atom stereocenters. The smallest absolute Gasteiger partial charge is 0.345 e. The molecule has 0 bridgehead atoms. The first-order chi connectivity index (χ1) is 12.7. The lowest BCUT2D eigenvalue weighted by Gasteiger charge is -2.05. The molecule has 138 valence electrons. The lowest BCUT2D eigenvalue weighted by atomic mass is 10.1. The first-order valence-corrected chi connectivity index (χ1v) is 8.66. The SMILES string of the molecule is CCOC(=O)C(=CC=CNCCc1c[nH]c2ccccc12)C(=O)OCC. The van der Waals surface area contributed by atoms with E-state index in [1.807, 2.05) is 24.4 Å². The standard InChI is InChI=1S/C20H24N2O4/c1-3-25-19(23)17(20(24)26-4-2)9-7-12-21-13-11-15-14-22-18-10-6-5-8-16(15)18/h5-10,12,14,21-22H,3-4,11,13H2,1-2H3. The molecule has 2 aromatic rings. The van der Waals surface area contributed by atoms with E-state index < -0.39 is 11.9 Å². The molecule has 1 heterocycles. The van der Waals surface area contributed by atoms with Gasteiger partial charge in [-0.15, -0.1) is 0 Å². The molecule has 0 amide bonds. The predicted molar refractivity (Wildman–Crippen MR) is 100 cm³/mol. The summed E-state index contributed by atoms with van der Waals surface area (Å²) in [4.78, 5) is 26.9. The van der Waals surface area contributed by atoms with Crippen LogP contribution in [0.15, 0.2) is 54.4 Å². The van der Waals surface area contributed by atoms with Crippen LogP contribution in [-0.4, -0.2) is 36.7 Å². The highest BCUT2D eigenvalue weighted by Crippen LogP contribution is 2.17. The van der Waals surface area contributed by atoms with Crippen molar-refractivity contribution in [3.8, 4) is 0 Å². The Kier molecular flexibility index (Phi) is 7.49. The molecular weight excluding hydrogens is 332 g/mol. The Balaban J connectivity index is 1.89. The molecule has 0 saturated carbocycles. The van der Waals surface area contributed by atoms with E-state index in [1.54, 1.807) is 26.1 Å². The van der Waals surface area contributed by atoms with Crippen LogP contribution < -0.4 is 5.32 Å². The minimum Gasteiger partial charge on any atom is -0.462 e. The minimum atomic E-state index is -0.686. The summed E-state index contributed by atoms with van der Waals surface area (Å²) in [6, 6.07) is 8.15. The van der Waals surface area contributed by atoms with Gasteiger partial charge in [-0.25, -0.2) is 9.59 Å². The normalized spacial score (nSPS) is 10.7. The zero-order valence-electron chi connectivity index (χ0n) is 15.1. The fourth-order valence-electron chi connectivity index (χ4n) is 2.48. The monoisotopic (exact) mass is 356 g/mol. The number of ether oxygens (including phenoxy) is 2. The van der Waals surface area contributed by atoms with Gasteiger partial charge < -0.3 is 19.8 Å². The number of hydrogen-bond acceptors (Lipinski definition) is 5. The highest BCUT2D eigenvalue weighted by molar-refractivity contribution is 6.14. The number of aromatic amines is 1. The molecule has 0 radical (unpaired) electrons. The summed E-state index contributed by atoms with van der Waals surface area (Å²) in [5.74, 6) is -1.37. The van der Waals surface area contributed by atoms with Gasteiger partial charge in [0.1, 0.15) is 5.57 Å². The number of benzene rings is 1. The number of nitrogens with one attached hydrogen (secondary N) is 2. The Bertz CT molecular complexity index is 785. The van der Waals surface area contributed by atoms with Crippen molar-refractivity contribution in [1.82, 2.24) is 10.3 Å². The first kappa shape index (κ1) is 19.3. The Labute approximate surface area is 152 Å². The third kappa shape index (κ3) is 5.24. The van der Waals surface area contributed by atoms with Crippen LogP contribution in [-0.2, 0) is 25.5 Å². The molecule has 1 aromatic carbocycles. The van der Waals surface area contributed by atoms with Crippen LogP contribution in [0.3, 0.4) is 0 Å². The van der Waals surface area contributed by atoms with Crippen LogP contribution in [0.2, 0.25) is 0 Å². The van der Waals surface area contributed by atoms with Crippen LogP contribution in [0.5, 0.6) is 0 Å². The molecule has 0 aliphatic rings. The van der Waals surface area contributed by atoms with Crippen molar-refractivity contribution < 1.29 is 19.1 Å². The van der Waals surface area contributed by atoms with E-state index in [9.17, 15) is 9.59 Å². The number of hydrogen-bond donors (Lipinski definition) is 2. The van der Waals surface area contributed by atoms with E-state index in [4.69, 9.17) is 9.47 Å². The predicted octanol–water partition coefficient (Wildman–Crippen LogP) is 2.87. The molecule has 0 spiro atoms. The van der Waals surface area contributed by atoms with Crippen molar-refractivity contribution >= 4 is 22.8 Å². The van der Waals surface area contributed by atoms with Gasteiger partial charge in [-0.05, 0) is 50.3 Å². The number of rotatable bonds is 9. The lowest BCUT2D eigenvalue weighted by Crippen LogP contribution is -2.18. The summed E-state index contributed by atoms with van der Waals surface area (Å²) < 4.78 is 9.75. The van der Waals surface area contributed by atoms with Crippen LogP contribution in [0.1, 0.15) is 19.4 Å². The number of carbonyl (C=O) groups is 2. The molecule has 0 aliphatic carbocycles. The first-order valence-electron chi connectivity index (χ1n) is 8.66. The molecule has 26 heavy (non-hydrogen) atoms. The number of H-pyrrole nitrogens is 1. The van der Waals surface area contributed by atoms with Crippen molar-refractivity contribution in [2.45, 2.75) is 20.3 Å². The van der Waals surface area contributed by atoms with Gasteiger partial charge in [-0.2, -0.15) is 0 Å². The van der Waals surface area contributed by atoms with Gasteiger partial charge in [0.15, 0.2) is 0 Å². The van der Waals surface area contributed by atoms with Crippen LogP contribution in [0.4, 0.5) is 0 Å². The Hall–Kier alpha value is -3.02. The van der Waals surface area contributed by atoms with Crippen molar-refractivity contribution in [2.24, 2.45) is 0 Å². The zero-order valence-corrected chi connectivity index (χ0v) is 15.1. The third-order valence-corrected chi connectivity index (χ3v) is 3.68. The Morgan fingerprint density at radius 1 is 1.12 bits per heavy atom. The number of para-hydroxylation sites is 1. The number of allylic oxidation sites excluding steroid dienone is 2. The number of carbonyl (C=O) groups excluding carboxylic acids is 2. The topological polar surface area (TPSA) is 80.4 Å². The van der Waals surface area contributed by atoms with Crippen molar-refractivity contribution in [3.05, 3.63) is 60.0 Å². The van der Waals surface area contributed by atoms with Gasteiger partial charge in [0.25, 0.3) is 0 Å². The molecule has 0 aliphatic heterocycles. The van der Waals surface area contributed by atoms with Gasteiger partial charge in [0.2, 0.25) is 0 Å². The van der Waals surface area contributed by atoms with E-state index in [-0.39, 0.29) is 18.8 Å². The molecule has 6 heteroatoms. The maximum absolute atomic E-state index is 11.8. The summed E-state index contributed by atoms with van der Waals surface area (Å²) in [5, 5.41) is 4.36. The molecule has 1 aromatic heterocycles. The summed E-state index contributed by atoms with van der Waals surface area (Å²) in [5.41, 5.74) is 2.23.